The van der Waals surface area contributed by atoms with Gasteiger partial charge >= 0.3 is 5.97 Å². The van der Waals surface area contributed by atoms with Crippen LogP contribution >= 0.6 is 0 Å². The molecule has 0 N–H and O–H groups in total. The van der Waals surface area contributed by atoms with Crippen molar-refractivity contribution in [3.63, 3.8) is 0 Å². The van der Waals surface area contributed by atoms with Crippen LogP contribution in [-0.4, -0.2) is 30.4 Å². The Kier molecular flexibility index (Phi) is 6.30. The van der Waals surface area contributed by atoms with Crippen molar-refractivity contribution in [2.45, 2.75) is 19.9 Å². The van der Waals surface area contributed by atoms with Crippen molar-refractivity contribution in [1.82, 2.24) is 4.90 Å². The summed E-state index contributed by atoms with van der Waals surface area (Å²) in [6, 6.07) is 15.7. The third kappa shape index (κ3) is 4.67. The van der Waals surface area contributed by atoms with Gasteiger partial charge in [0.15, 0.2) is 0 Å². The highest BCUT2D eigenvalue weighted by molar-refractivity contribution is 5.96. The van der Waals surface area contributed by atoms with Crippen LogP contribution in [0.25, 0.3) is 0 Å². The maximum absolute atomic E-state index is 12.8. The molecule has 0 heterocycles. The van der Waals surface area contributed by atoms with Crippen LogP contribution in [0.5, 0.6) is 0 Å². The van der Waals surface area contributed by atoms with Crippen molar-refractivity contribution in [2.75, 3.05) is 13.7 Å². The Morgan fingerprint density at radius 3 is 2.16 bits per heavy atom. The number of ether oxygens (including phenoxy) is 1. The minimum Gasteiger partial charge on any atom is -0.465 e. The van der Waals surface area contributed by atoms with Crippen LogP contribution in [0.15, 0.2) is 48.5 Å². The molecule has 2 aromatic rings. The van der Waals surface area contributed by atoms with Gasteiger partial charge in [-0.1, -0.05) is 19.1 Å². The predicted molar refractivity (Wildman–Crippen MR) is 94.0 cm³/mol. The molecular formula is C20H20N2O3. The van der Waals surface area contributed by atoms with Crippen molar-refractivity contribution in [2.24, 2.45) is 0 Å². The highest BCUT2D eigenvalue weighted by atomic mass is 16.5. The zero-order valence-electron chi connectivity index (χ0n) is 14.4. The molecule has 128 valence electrons. The molecule has 0 saturated heterocycles. The minimum absolute atomic E-state index is 0.0948. The predicted octanol–water partition coefficient (Wildman–Crippen LogP) is 3.40. The number of nitriles is 1. The van der Waals surface area contributed by atoms with Gasteiger partial charge < -0.3 is 9.64 Å². The molecule has 0 bridgehead atoms. The molecule has 2 rings (SSSR count). The number of carbonyl (C=O) groups is 2. The molecule has 1 amide bonds. The molecule has 0 saturated carbocycles. The number of hydrogen-bond donors (Lipinski definition) is 0. The number of rotatable bonds is 6. The number of nitrogens with zero attached hydrogens (tertiary/aromatic N) is 2. The van der Waals surface area contributed by atoms with Gasteiger partial charge in [-0.25, -0.2) is 4.79 Å². The molecule has 0 aliphatic carbocycles. The van der Waals surface area contributed by atoms with E-state index in [2.05, 4.69) is 10.8 Å². The second-order valence-corrected chi connectivity index (χ2v) is 5.60. The van der Waals surface area contributed by atoms with E-state index in [-0.39, 0.29) is 5.91 Å². The number of amides is 1. The van der Waals surface area contributed by atoms with Crippen molar-refractivity contribution >= 4 is 11.9 Å². The van der Waals surface area contributed by atoms with E-state index in [0.717, 1.165) is 12.0 Å². The van der Waals surface area contributed by atoms with Crippen LogP contribution in [0, 0.1) is 11.3 Å². The number of esters is 1. The van der Waals surface area contributed by atoms with Gasteiger partial charge in [0.25, 0.3) is 5.91 Å². The van der Waals surface area contributed by atoms with Gasteiger partial charge in [0.05, 0.1) is 24.3 Å². The van der Waals surface area contributed by atoms with E-state index >= 15 is 0 Å². The standard InChI is InChI=1S/C20H20N2O3/c1-3-12-22(14-16-6-4-15(13-21)5-7-16)19(23)17-8-10-18(11-9-17)20(24)25-2/h4-11H,3,12,14H2,1-2H3. The van der Waals surface area contributed by atoms with Crippen LogP contribution < -0.4 is 0 Å². The molecule has 2 aromatic carbocycles. The summed E-state index contributed by atoms with van der Waals surface area (Å²) in [5.41, 5.74) is 2.49. The van der Waals surface area contributed by atoms with E-state index in [9.17, 15) is 9.59 Å². The lowest BCUT2D eigenvalue weighted by atomic mass is 10.1. The molecule has 25 heavy (non-hydrogen) atoms. The van der Waals surface area contributed by atoms with Crippen LogP contribution in [0.1, 0.15) is 45.2 Å². The first-order chi connectivity index (χ1) is 12.1. The Bertz CT molecular complexity index is 774. The zero-order chi connectivity index (χ0) is 18.2. The highest BCUT2D eigenvalue weighted by Gasteiger charge is 2.16. The maximum atomic E-state index is 12.8. The van der Waals surface area contributed by atoms with Gasteiger partial charge in [0, 0.05) is 18.7 Å². The van der Waals surface area contributed by atoms with Gasteiger partial charge in [0.1, 0.15) is 0 Å². The average molecular weight is 336 g/mol. The fourth-order valence-corrected chi connectivity index (χ4v) is 2.48. The van der Waals surface area contributed by atoms with E-state index in [4.69, 9.17) is 5.26 Å². The SMILES string of the molecule is CCCN(Cc1ccc(C#N)cc1)C(=O)c1ccc(C(=O)OC)cc1. The molecule has 0 aliphatic rings. The van der Waals surface area contributed by atoms with Gasteiger partial charge in [-0.2, -0.15) is 5.26 Å². The largest absolute Gasteiger partial charge is 0.465 e. The summed E-state index contributed by atoms with van der Waals surface area (Å²) in [5.74, 6) is -0.523. The summed E-state index contributed by atoms with van der Waals surface area (Å²) in [6.45, 7) is 3.11. The smallest absolute Gasteiger partial charge is 0.337 e. The normalized spacial score (nSPS) is 9.96. The third-order valence-corrected chi connectivity index (χ3v) is 3.79. The molecule has 0 atom stereocenters. The molecule has 5 nitrogen and oxygen atoms in total. The second kappa shape index (κ2) is 8.65. The van der Waals surface area contributed by atoms with Crippen molar-refractivity contribution in [1.29, 1.82) is 5.26 Å². The first-order valence-corrected chi connectivity index (χ1v) is 8.05. The Hall–Kier alpha value is -3.13. The molecule has 0 radical (unpaired) electrons. The molecule has 5 heteroatoms. The fraction of sp³-hybridized carbons (Fsp3) is 0.250. The first kappa shape index (κ1) is 18.2. The molecule has 0 aromatic heterocycles. The summed E-state index contributed by atoms with van der Waals surface area (Å²) in [4.78, 5) is 26.0. The van der Waals surface area contributed by atoms with Crippen molar-refractivity contribution < 1.29 is 14.3 Å². The lowest BCUT2D eigenvalue weighted by molar-refractivity contribution is 0.0599. The fourth-order valence-electron chi connectivity index (χ4n) is 2.48. The zero-order valence-corrected chi connectivity index (χ0v) is 14.4. The molecule has 0 spiro atoms. The average Bonchev–Trinajstić information content (AvgIpc) is 2.67. The Balaban J connectivity index is 2.16. The first-order valence-electron chi connectivity index (χ1n) is 8.05. The van der Waals surface area contributed by atoms with Crippen LogP contribution in [0.4, 0.5) is 0 Å². The topological polar surface area (TPSA) is 70.4 Å². The van der Waals surface area contributed by atoms with E-state index in [1.54, 1.807) is 41.3 Å². The van der Waals surface area contributed by atoms with Crippen molar-refractivity contribution in [3.05, 3.63) is 70.8 Å². The number of benzene rings is 2. The van der Waals surface area contributed by atoms with Gasteiger partial charge in [-0.15, -0.1) is 0 Å². The Morgan fingerprint density at radius 1 is 1.04 bits per heavy atom. The molecular weight excluding hydrogens is 316 g/mol. The van der Waals surface area contributed by atoms with E-state index in [1.165, 1.54) is 7.11 Å². The van der Waals surface area contributed by atoms with Gasteiger partial charge in [-0.05, 0) is 48.4 Å². The van der Waals surface area contributed by atoms with E-state index < -0.39 is 5.97 Å². The van der Waals surface area contributed by atoms with E-state index in [1.807, 2.05) is 19.1 Å². The monoisotopic (exact) mass is 336 g/mol. The summed E-state index contributed by atoms with van der Waals surface area (Å²) in [7, 11) is 1.32. The molecule has 0 unspecified atom stereocenters. The van der Waals surface area contributed by atoms with Gasteiger partial charge in [-0.3, -0.25) is 4.79 Å². The molecule has 0 aliphatic heterocycles. The van der Waals surface area contributed by atoms with Crippen LogP contribution in [0.3, 0.4) is 0 Å². The number of methoxy groups -OCH3 is 1. The number of hydrogen-bond acceptors (Lipinski definition) is 4. The Morgan fingerprint density at radius 2 is 1.64 bits per heavy atom. The summed E-state index contributed by atoms with van der Waals surface area (Å²) < 4.78 is 4.66. The lowest BCUT2D eigenvalue weighted by Gasteiger charge is -2.22. The van der Waals surface area contributed by atoms with E-state index in [0.29, 0.717) is 29.8 Å². The summed E-state index contributed by atoms with van der Waals surface area (Å²) >= 11 is 0. The minimum atomic E-state index is -0.429. The Labute approximate surface area is 147 Å². The van der Waals surface area contributed by atoms with Gasteiger partial charge in [0.2, 0.25) is 0 Å². The highest BCUT2D eigenvalue weighted by Crippen LogP contribution is 2.13. The lowest BCUT2D eigenvalue weighted by Crippen LogP contribution is -2.31. The molecule has 0 fully saturated rings. The van der Waals surface area contributed by atoms with Crippen molar-refractivity contribution in [3.8, 4) is 6.07 Å². The maximum Gasteiger partial charge on any atom is 0.337 e. The summed E-state index contributed by atoms with van der Waals surface area (Å²) in [5, 5.41) is 8.86. The summed E-state index contributed by atoms with van der Waals surface area (Å²) in [6.07, 6.45) is 0.836. The second-order valence-electron chi connectivity index (χ2n) is 5.60. The quantitative estimate of drug-likeness (QED) is 0.758. The van der Waals surface area contributed by atoms with Crippen LogP contribution in [0.2, 0.25) is 0 Å². The van der Waals surface area contributed by atoms with Crippen LogP contribution in [-0.2, 0) is 11.3 Å². The number of carbonyl (C=O) groups excluding carboxylic acids is 2. The third-order valence-electron chi connectivity index (χ3n) is 3.79.